The van der Waals surface area contributed by atoms with Gasteiger partial charge in [0, 0.05) is 51.4 Å². The van der Waals surface area contributed by atoms with E-state index in [0.717, 1.165) is 60.8 Å². The van der Waals surface area contributed by atoms with E-state index >= 15 is 0 Å². The van der Waals surface area contributed by atoms with Gasteiger partial charge in [-0.25, -0.2) is 0 Å². The number of para-hydroxylation sites is 2. The molecule has 2 heterocycles. The van der Waals surface area contributed by atoms with Crippen molar-refractivity contribution in [2.45, 2.75) is 26.4 Å². The number of nitriles is 2. The van der Waals surface area contributed by atoms with Gasteiger partial charge in [-0.05, 0) is 60.9 Å². The number of amides is 1. The summed E-state index contributed by atoms with van der Waals surface area (Å²) in [6, 6.07) is 24.1. The smallest absolute Gasteiger partial charge is 0.254 e. The summed E-state index contributed by atoms with van der Waals surface area (Å²) in [5, 5.41) is 22.2. The van der Waals surface area contributed by atoms with Crippen molar-refractivity contribution in [3.8, 4) is 12.1 Å². The lowest BCUT2D eigenvalue weighted by Gasteiger charge is -2.40. The second-order valence-electron chi connectivity index (χ2n) is 10.2. The fourth-order valence-electron chi connectivity index (χ4n) is 5.36. The van der Waals surface area contributed by atoms with Crippen LogP contribution in [-0.4, -0.2) is 61.0 Å². The van der Waals surface area contributed by atoms with E-state index < -0.39 is 0 Å². The molecule has 2 fully saturated rings. The van der Waals surface area contributed by atoms with Crippen molar-refractivity contribution >= 4 is 17.3 Å². The first-order valence-electron chi connectivity index (χ1n) is 13.1. The molecular formula is C31H32N6O. The second-order valence-corrected chi connectivity index (χ2v) is 10.2. The third-order valence-corrected chi connectivity index (χ3v) is 7.62. The summed E-state index contributed by atoms with van der Waals surface area (Å²) in [6.45, 7) is 9.70. The molecule has 0 bridgehead atoms. The van der Waals surface area contributed by atoms with E-state index in [1.807, 2.05) is 54.3 Å². The van der Waals surface area contributed by atoms with E-state index in [9.17, 15) is 15.3 Å². The normalized spacial score (nSPS) is 15.9. The number of benzene rings is 3. The van der Waals surface area contributed by atoms with Gasteiger partial charge < -0.3 is 15.1 Å². The summed E-state index contributed by atoms with van der Waals surface area (Å²) in [7, 11) is 0. The van der Waals surface area contributed by atoms with Crippen LogP contribution in [-0.2, 0) is 6.54 Å². The number of likely N-dealkylation sites (tertiary alicyclic amines) is 1. The molecule has 2 aliphatic heterocycles. The average molecular weight is 505 g/mol. The first-order valence-corrected chi connectivity index (χ1v) is 13.1. The van der Waals surface area contributed by atoms with Gasteiger partial charge >= 0.3 is 0 Å². The number of carbonyl (C=O) groups excluding carboxylic acids is 1. The van der Waals surface area contributed by atoms with Gasteiger partial charge in [0.15, 0.2) is 0 Å². The fourth-order valence-corrected chi connectivity index (χ4v) is 5.36. The molecular weight excluding hydrogens is 472 g/mol. The Bertz CT molecular complexity index is 1420. The van der Waals surface area contributed by atoms with Crippen LogP contribution >= 0.6 is 0 Å². The van der Waals surface area contributed by atoms with Crippen molar-refractivity contribution < 1.29 is 4.79 Å². The lowest BCUT2D eigenvalue weighted by atomic mass is 9.96. The molecule has 0 radical (unpaired) electrons. The Labute approximate surface area is 224 Å². The number of hydrogen-bond acceptors (Lipinski definition) is 6. The summed E-state index contributed by atoms with van der Waals surface area (Å²) in [5.41, 5.74) is 7.31. The molecule has 0 saturated carbocycles. The van der Waals surface area contributed by atoms with Gasteiger partial charge in [-0.1, -0.05) is 30.3 Å². The number of piperazine rings is 1. The van der Waals surface area contributed by atoms with Crippen LogP contribution < -0.4 is 10.2 Å². The zero-order valence-electron chi connectivity index (χ0n) is 21.9. The number of rotatable bonds is 6. The molecule has 5 rings (SSSR count). The number of nitrogens with zero attached hydrogens (tertiary/aromatic N) is 5. The lowest BCUT2D eigenvalue weighted by Crippen LogP contribution is -2.57. The Morgan fingerprint density at radius 1 is 0.895 bits per heavy atom. The molecule has 0 unspecified atom stereocenters. The Morgan fingerprint density at radius 2 is 1.55 bits per heavy atom. The molecule has 0 aliphatic carbocycles. The number of carbonyl (C=O) groups is 1. The van der Waals surface area contributed by atoms with E-state index in [-0.39, 0.29) is 11.9 Å². The van der Waals surface area contributed by atoms with E-state index in [4.69, 9.17) is 0 Å². The minimum absolute atomic E-state index is 0.0632. The van der Waals surface area contributed by atoms with Crippen molar-refractivity contribution in [1.82, 2.24) is 9.80 Å². The molecule has 3 aromatic carbocycles. The predicted octanol–water partition coefficient (Wildman–Crippen LogP) is 4.31. The highest BCUT2D eigenvalue weighted by Gasteiger charge is 2.32. The van der Waals surface area contributed by atoms with Crippen LogP contribution in [0.4, 0.5) is 11.4 Å². The van der Waals surface area contributed by atoms with Crippen molar-refractivity contribution in [3.05, 3.63) is 94.0 Å². The summed E-state index contributed by atoms with van der Waals surface area (Å²) >= 11 is 0. The molecule has 3 aromatic rings. The van der Waals surface area contributed by atoms with Crippen LogP contribution in [0, 0.1) is 36.5 Å². The van der Waals surface area contributed by atoms with Gasteiger partial charge in [0.05, 0.1) is 28.5 Å². The van der Waals surface area contributed by atoms with Crippen LogP contribution in [0.3, 0.4) is 0 Å². The zero-order valence-corrected chi connectivity index (χ0v) is 21.9. The SMILES string of the molecule is Cc1cc(C)c(C(=O)N2CC(Nc3ccccc3C#N)C2)cc1CN1CCN(c2ccccc2C#N)CC1. The summed E-state index contributed by atoms with van der Waals surface area (Å²) in [5.74, 6) is 0.0632. The molecule has 0 atom stereocenters. The zero-order chi connectivity index (χ0) is 26.6. The van der Waals surface area contributed by atoms with Gasteiger partial charge in [-0.15, -0.1) is 0 Å². The quantitative estimate of drug-likeness (QED) is 0.539. The van der Waals surface area contributed by atoms with Crippen molar-refractivity contribution in [2.75, 3.05) is 49.5 Å². The highest BCUT2D eigenvalue weighted by molar-refractivity contribution is 5.96. The van der Waals surface area contributed by atoms with Gasteiger partial charge in [0.2, 0.25) is 0 Å². The van der Waals surface area contributed by atoms with Crippen LogP contribution in [0.1, 0.15) is 38.2 Å². The van der Waals surface area contributed by atoms with Crippen LogP contribution in [0.25, 0.3) is 0 Å². The third kappa shape index (κ3) is 5.20. The van der Waals surface area contributed by atoms with E-state index in [1.165, 1.54) is 11.1 Å². The molecule has 0 aromatic heterocycles. The maximum Gasteiger partial charge on any atom is 0.254 e. The van der Waals surface area contributed by atoms with Gasteiger partial charge in [0.25, 0.3) is 5.91 Å². The molecule has 1 N–H and O–H groups in total. The Hall–Kier alpha value is -4.33. The van der Waals surface area contributed by atoms with E-state index in [0.29, 0.717) is 18.7 Å². The topological polar surface area (TPSA) is 86.4 Å². The third-order valence-electron chi connectivity index (χ3n) is 7.62. The van der Waals surface area contributed by atoms with Crippen molar-refractivity contribution in [2.24, 2.45) is 0 Å². The highest BCUT2D eigenvalue weighted by atomic mass is 16.2. The summed E-state index contributed by atoms with van der Waals surface area (Å²) in [4.78, 5) is 20.0. The standard InChI is InChI=1S/C31H32N6O/c1-22-15-23(2)28(31(38)37-20-27(21-37)34-29-9-5-3-7-24(29)17-32)16-26(22)19-35-11-13-36(14-12-35)30-10-6-4-8-25(30)18-33/h3-10,15-16,27,34H,11-14,19-21H2,1-2H3. The monoisotopic (exact) mass is 504 g/mol. The maximum atomic E-state index is 13.4. The number of anilines is 2. The average Bonchev–Trinajstić information content (AvgIpc) is 2.92. The Balaban J connectivity index is 1.20. The minimum atomic E-state index is 0.0632. The molecule has 38 heavy (non-hydrogen) atoms. The summed E-state index contributed by atoms with van der Waals surface area (Å²) < 4.78 is 0. The van der Waals surface area contributed by atoms with Crippen molar-refractivity contribution in [1.29, 1.82) is 10.5 Å². The van der Waals surface area contributed by atoms with Crippen LogP contribution in [0.5, 0.6) is 0 Å². The Morgan fingerprint density at radius 3 is 2.26 bits per heavy atom. The van der Waals surface area contributed by atoms with E-state index in [2.05, 4.69) is 46.3 Å². The Kier molecular flexibility index (Phi) is 7.31. The predicted molar refractivity (Wildman–Crippen MR) is 149 cm³/mol. The van der Waals surface area contributed by atoms with Crippen LogP contribution in [0.15, 0.2) is 60.7 Å². The largest absolute Gasteiger partial charge is 0.378 e. The maximum absolute atomic E-state index is 13.4. The van der Waals surface area contributed by atoms with Gasteiger partial charge in [0.1, 0.15) is 12.1 Å². The molecule has 192 valence electrons. The lowest BCUT2D eigenvalue weighted by molar-refractivity contribution is 0.0624. The molecule has 2 aliphatic rings. The highest BCUT2D eigenvalue weighted by Crippen LogP contribution is 2.25. The first kappa shape index (κ1) is 25.3. The van der Waals surface area contributed by atoms with E-state index in [1.54, 1.807) is 6.07 Å². The van der Waals surface area contributed by atoms with Gasteiger partial charge in [-0.3, -0.25) is 9.69 Å². The number of aryl methyl sites for hydroxylation is 2. The summed E-state index contributed by atoms with van der Waals surface area (Å²) in [6.07, 6.45) is 0. The van der Waals surface area contributed by atoms with Crippen molar-refractivity contribution in [3.63, 3.8) is 0 Å². The van der Waals surface area contributed by atoms with Crippen LogP contribution in [0.2, 0.25) is 0 Å². The number of hydrogen-bond donors (Lipinski definition) is 1. The molecule has 7 nitrogen and oxygen atoms in total. The fraction of sp³-hybridized carbons (Fsp3) is 0.323. The molecule has 0 spiro atoms. The molecule has 2 saturated heterocycles. The molecule has 1 amide bonds. The minimum Gasteiger partial charge on any atom is -0.378 e. The second kappa shape index (κ2) is 11.0. The van der Waals surface area contributed by atoms with Gasteiger partial charge in [-0.2, -0.15) is 10.5 Å². The number of nitrogens with one attached hydrogen (secondary N) is 1. The molecule has 7 heteroatoms. The first-order chi connectivity index (χ1) is 18.5.